The third-order valence-electron chi connectivity index (χ3n) is 3.12. The fraction of sp³-hybridized carbons (Fsp3) is 0.200. The van der Waals surface area contributed by atoms with E-state index >= 15 is 0 Å². The van der Waals surface area contributed by atoms with Crippen molar-refractivity contribution in [2.75, 3.05) is 19.1 Å². The lowest BCUT2D eigenvalue weighted by molar-refractivity contribution is 0.0598. The minimum Gasteiger partial charge on any atom is -0.465 e. The van der Waals surface area contributed by atoms with Gasteiger partial charge in [-0.2, -0.15) is 0 Å². The summed E-state index contributed by atoms with van der Waals surface area (Å²) >= 11 is 1.37. The van der Waals surface area contributed by atoms with Gasteiger partial charge in [-0.3, -0.25) is 9.36 Å². The van der Waals surface area contributed by atoms with Gasteiger partial charge in [0.15, 0.2) is 0 Å². The van der Waals surface area contributed by atoms with E-state index in [-0.39, 0.29) is 5.56 Å². The summed E-state index contributed by atoms with van der Waals surface area (Å²) in [5.74, 6) is -0.361. The first-order valence-electron chi connectivity index (χ1n) is 6.24. The van der Waals surface area contributed by atoms with Gasteiger partial charge in [0.1, 0.15) is 11.4 Å². The average molecular weight is 304 g/mol. The van der Waals surface area contributed by atoms with Crippen molar-refractivity contribution in [3.63, 3.8) is 0 Å². The number of nitrogen functional groups attached to an aromatic ring is 1. The number of pyridine rings is 1. The molecule has 2 N–H and O–H groups in total. The predicted molar refractivity (Wildman–Crippen MR) is 84.3 cm³/mol. The molecule has 5 nitrogen and oxygen atoms in total. The molecule has 0 amide bonds. The van der Waals surface area contributed by atoms with Crippen molar-refractivity contribution in [1.82, 2.24) is 4.57 Å². The fourth-order valence-electron chi connectivity index (χ4n) is 1.98. The van der Waals surface area contributed by atoms with Gasteiger partial charge in [-0.15, -0.1) is 11.8 Å². The van der Waals surface area contributed by atoms with E-state index < -0.39 is 11.5 Å². The Kier molecular flexibility index (Phi) is 4.37. The van der Waals surface area contributed by atoms with Crippen LogP contribution in [0.25, 0.3) is 5.69 Å². The number of aromatic nitrogens is 1. The number of nitrogens with zero attached hydrogens (tertiary/aromatic N) is 1. The van der Waals surface area contributed by atoms with Crippen molar-refractivity contribution < 1.29 is 9.53 Å². The molecule has 0 spiro atoms. The summed E-state index contributed by atoms with van der Waals surface area (Å²) in [6, 6.07) is 8.81. The van der Waals surface area contributed by atoms with Crippen molar-refractivity contribution in [3.05, 3.63) is 51.8 Å². The minimum atomic E-state index is -0.670. The van der Waals surface area contributed by atoms with Crippen LogP contribution in [0.2, 0.25) is 0 Å². The molecule has 0 saturated carbocycles. The quantitative estimate of drug-likeness (QED) is 0.695. The number of anilines is 1. The van der Waals surface area contributed by atoms with Gasteiger partial charge in [0.2, 0.25) is 0 Å². The highest BCUT2D eigenvalue weighted by molar-refractivity contribution is 7.98. The van der Waals surface area contributed by atoms with Crippen LogP contribution in [0, 0.1) is 6.92 Å². The molecule has 0 bridgehead atoms. The number of aryl methyl sites for hydroxylation is 1. The SMILES string of the molecule is COC(=O)c1cc(SC)c(N)n(-c2ccc(C)cc2)c1=O. The Bertz CT molecular complexity index is 736. The monoisotopic (exact) mass is 304 g/mol. The Labute approximate surface area is 126 Å². The zero-order valence-corrected chi connectivity index (χ0v) is 12.9. The van der Waals surface area contributed by atoms with E-state index in [1.807, 2.05) is 25.3 Å². The maximum Gasteiger partial charge on any atom is 0.343 e. The molecule has 0 aliphatic carbocycles. The van der Waals surface area contributed by atoms with Crippen molar-refractivity contribution in [1.29, 1.82) is 0 Å². The zero-order valence-electron chi connectivity index (χ0n) is 12.0. The van der Waals surface area contributed by atoms with Crippen LogP contribution in [-0.2, 0) is 4.74 Å². The second-order valence-electron chi connectivity index (χ2n) is 4.48. The summed E-state index contributed by atoms with van der Waals surface area (Å²) in [5.41, 5.74) is 7.23. The molecule has 0 aliphatic heterocycles. The number of carbonyl (C=O) groups is 1. The van der Waals surface area contributed by atoms with Crippen molar-refractivity contribution in [2.45, 2.75) is 11.8 Å². The number of ether oxygens (including phenoxy) is 1. The number of thioether (sulfide) groups is 1. The summed E-state index contributed by atoms with van der Waals surface area (Å²) in [5, 5.41) is 0. The van der Waals surface area contributed by atoms with Gasteiger partial charge >= 0.3 is 5.97 Å². The number of benzene rings is 1. The Balaban J connectivity index is 2.77. The van der Waals surface area contributed by atoms with E-state index in [0.717, 1.165) is 5.56 Å². The maximum absolute atomic E-state index is 12.5. The second kappa shape index (κ2) is 6.05. The Morgan fingerprint density at radius 3 is 2.43 bits per heavy atom. The fourth-order valence-corrected chi connectivity index (χ4v) is 2.51. The summed E-state index contributed by atoms with van der Waals surface area (Å²) in [4.78, 5) is 24.9. The first kappa shape index (κ1) is 15.2. The third kappa shape index (κ3) is 2.80. The molecule has 0 saturated heterocycles. The van der Waals surface area contributed by atoms with Gasteiger partial charge in [0, 0.05) is 4.90 Å². The number of esters is 1. The van der Waals surface area contributed by atoms with Gasteiger partial charge in [0.05, 0.1) is 12.8 Å². The van der Waals surface area contributed by atoms with Crippen LogP contribution in [0.1, 0.15) is 15.9 Å². The van der Waals surface area contributed by atoms with Crippen molar-refractivity contribution >= 4 is 23.5 Å². The summed E-state index contributed by atoms with van der Waals surface area (Å²) in [7, 11) is 1.24. The standard InChI is InChI=1S/C15H16N2O3S/c1-9-4-6-10(7-5-9)17-13(16)12(21-3)8-11(14(17)18)15(19)20-2/h4-8H,16H2,1-3H3. The van der Waals surface area contributed by atoms with Crippen LogP contribution in [0.15, 0.2) is 40.0 Å². The average Bonchev–Trinajstić information content (AvgIpc) is 2.49. The second-order valence-corrected chi connectivity index (χ2v) is 5.33. The van der Waals surface area contributed by atoms with Crippen LogP contribution in [0.5, 0.6) is 0 Å². The molecule has 0 fully saturated rings. The summed E-state index contributed by atoms with van der Waals surface area (Å²) in [6.45, 7) is 1.95. The molecule has 110 valence electrons. The number of methoxy groups -OCH3 is 1. The Morgan fingerprint density at radius 1 is 1.29 bits per heavy atom. The smallest absolute Gasteiger partial charge is 0.343 e. The van der Waals surface area contributed by atoms with Gasteiger partial charge in [-0.1, -0.05) is 17.7 Å². The van der Waals surface area contributed by atoms with Gasteiger partial charge in [-0.05, 0) is 31.4 Å². The molecule has 2 rings (SSSR count). The van der Waals surface area contributed by atoms with Crippen molar-refractivity contribution in [2.24, 2.45) is 0 Å². The molecule has 0 aliphatic rings. The Hall–Kier alpha value is -2.21. The van der Waals surface area contributed by atoms with E-state index in [1.165, 1.54) is 29.5 Å². The third-order valence-corrected chi connectivity index (χ3v) is 3.89. The van der Waals surface area contributed by atoms with Crippen LogP contribution >= 0.6 is 11.8 Å². The topological polar surface area (TPSA) is 74.3 Å². The molecule has 0 unspecified atom stereocenters. The predicted octanol–water partition coefficient (Wildman–Crippen LogP) is 2.24. The highest BCUT2D eigenvalue weighted by Gasteiger charge is 2.19. The lowest BCUT2D eigenvalue weighted by Crippen LogP contribution is -2.28. The van der Waals surface area contributed by atoms with Crippen LogP contribution in [0.3, 0.4) is 0 Å². The van der Waals surface area contributed by atoms with Crippen LogP contribution in [0.4, 0.5) is 5.82 Å². The number of nitrogens with two attached hydrogens (primary N) is 1. The van der Waals surface area contributed by atoms with Crippen LogP contribution in [-0.4, -0.2) is 23.9 Å². The lowest BCUT2D eigenvalue weighted by Gasteiger charge is -2.14. The van der Waals surface area contributed by atoms with Gasteiger partial charge < -0.3 is 10.5 Å². The molecule has 0 radical (unpaired) electrons. The first-order valence-corrected chi connectivity index (χ1v) is 7.47. The molecule has 21 heavy (non-hydrogen) atoms. The first-order chi connectivity index (χ1) is 9.99. The zero-order chi connectivity index (χ0) is 15.6. The number of rotatable bonds is 3. The lowest BCUT2D eigenvalue weighted by atomic mass is 10.2. The van der Waals surface area contributed by atoms with Gasteiger partial charge in [-0.25, -0.2) is 4.79 Å². The normalized spacial score (nSPS) is 10.4. The largest absolute Gasteiger partial charge is 0.465 e. The van der Waals surface area contributed by atoms with E-state index in [1.54, 1.807) is 12.1 Å². The molecule has 2 aromatic rings. The van der Waals surface area contributed by atoms with E-state index in [2.05, 4.69) is 4.74 Å². The van der Waals surface area contributed by atoms with E-state index in [4.69, 9.17) is 5.73 Å². The number of carbonyl (C=O) groups excluding carboxylic acids is 1. The van der Waals surface area contributed by atoms with E-state index in [0.29, 0.717) is 16.4 Å². The van der Waals surface area contributed by atoms with E-state index in [9.17, 15) is 9.59 Å². The minimum absolute atomic E-state index is 0.0309. The Morgan fingerprint density at radius 2 is 1.90 bits per heavy atom. The molecule has 6 heteroatoms. The summed E-state index contributed by atoms with van der Waals surface area (Å²) in [6.07, 6.45) is 1.83. The molecule has 1 heterocycles. The van der Waals surface area contributed by atoms with Gasteiger partial charge in [0.25, 0.3) is 5.56 Å². The number of hydrogen-bond acceptors (Lipinski definition) is 5. The summed E-state index contributed by atoms with van der Waals surface area (Å²) < 4.78 is 5.99. The highest BCUT2D eigenvalue weighted by Crippen LogP contribution is 2.25. The van der Waals surface area contributed by atoms with Crippen LogP contribution < -0.4 is 11.3 Å². The van der Waals surface area contributed by atoms with Crippen molar-refractivity contribution in [3.8, 4) is 5.69 Å². The molecular weight excluding hydrogens is 288 g/mol. The molecular formula is C15H16N2O3S. The maximum atomic E-state index is 12.5. The number of hydrogen-bond donors (Lipinski definition) is 1. The molecule has 1 aromatic heterocycles. The molecule has 1 aromatic carbocycles. The molecule has 0 atom stereocenters. The highest BCUT2D eigenvalue weighted by atomic mass is 32.2.